The Morgan fingerprint density at radius 2 is 2.20 bits per heavy atom. The van der Waals surface area contributed by atoms with Crippen molar-refractivity contribution in [2.24, 2.45) is 11.8 Å². The second-order valence-corrected chi connectivity index (χ2v) is 10.3. The van der Waals surface area contributed by atoms with E-state index in [1.54, 1.807) is 11.3 Å². The van der Waals surface area contributed by atoms with E-state index in [1.165, 1.54) is 9.75 Å². The Kier molecular flexibility index (Phi) is 11.4. The number of rotatable bonds is 12. The predicted octanol–water partition coefficient (Wildman–Crippen LogP) is 5.31. The van der Waals surface area contributed by atoms with Gasteiger partial charge in [-0.15, -0.1) is 11.3 Å². The highest BCUT2D eigenvalue weighted by Gasteiger charge is 2.32. The predicted molar refractivity (Wildman–Crippen MR) is 129 cm³/mol. The number of allylic oxidation sites excluding steroid dienone is 3. The van der Waals surface area contributed by atoms with Crippen LogP contribution in [-0.4, -0.2) is 34.9 Å². The third kappa shape index (κ3) is 8.66. The molecule has 1 amide bonds. The van der Waals surface area contributed by atoms with E-state index < -0.39 is 6.10 Å². The number of thiophene rings is 1. The van der Waals surface area contributed by atoms with Crippen LogP contribution in [0.2, 0.25) is 0 Å². The Bertz CT molecular complexity index is 696. The van der Waals surface area contributed by atoms with Crippen LogP contribution >= 0.6 is 27.3 Å². The number of nitrogens with one attached hydrogen (secondary N) is 1. The molecule has 0 aliphatic heterocycles. The highest BCUT2D eigenvalue weighted by molar-refractivity contribution is 9.10. The van der Waals surface area contributed by atoms with E-state index in [0.29, 0.717) is 25.3 Å². The molecule has 30 heavy (non-hydrogen) atoms. The second-order valence-electron chi connectivity index (χ2n) is 8.13. The maximum atomic E-state index is 11.4. The topological polar surface area (TPSA) is 69.6 Å². The summed E-state index contributed by atoms with van der Waals surface area (Å²) in [5.41, 5.74) is 0. The van der Waals surface area contributed by atoms with E-state index >= 15 is 0 Å². The summed E-state index contributed by atoms with van der Waals surface area (Å²) in [6, 6.07) is 2.14. The van der Waals surface area contributed by atoms with Gasteiger partial charge >= 0.3 is 0 Å². The molecule has 4 atom stereocenters. The molecule has 4 nitrogen and oxygen atoms in total. The largest absolute Gasteiger partial charge is 0.393 e. The summed E-state index contributed by atoms with van der Waals surface area (Å²) in [6.07, 6.45) is 14.1. The number of halogens is 1. The van der Waals surface area contributed by atoms with Gasteiger partial charge in [-0.25, -0.2) is 0 Å². The van der Waals surface area contributed by atoms with E-state index in [-0.39, 0.29) is 17.9 Å². The molecule has 168 valence electrons. The van der Waals surface area contributed by atoms with Gasteiger partial charge < -0.3 is 15.5 Å². The molecular formula is C24H36BrNO3S. The van der Waals surface area contributed by atoms with Crippen LogP contribution in [0.5, 0.6) is 0 Å². The molecule has 2 rings (SSSR count). The fourth-order valence-electron chi connectivity index (χ4n) is 3.98. The van der Waals surface area contributed by atoms with Gasteiger partial charge in [-0.1, -0.05) is 24.3 Å². The molecular weight excluding hydrogens is 462 g/mol. The number of aliphatic hydroxyl groups is 2. The highest BCUT2D eigenvalue weighted by atomic mass is 79.9. The first kappa shape index (κ1) is 25.3. The summed E-state index contributed by atoms with van der Waals surface area (Å²) < 4.78 is 1.15. The van der Waals surface area contributed by atoms with Crippen LogP contribution in [0.15, 0.2) is 34.8 Å². The molecule has 6 heteroatoms. The van der Waals surface area contributed by atoms with E-state index in [1.807, 2.05) is 13.0 Å². The van der Waals surface area contributed by atoms with Gasteiger partial charge in [0.2, 0.25) is 5.91 Å². The summed E-state index contributed by atoms with van der Waals surface area (Å²) in [6.45, 7) is 4.71. The van der Waals surface area contributed by atoms with E-state index in [2.05, 4.69) is 52.5 Å². The highest BCUT2D eigenvalue weighted by Crippen LogP contribution is 2.36. The number of aryl methyl sites for hydroxylation is 2. The van der Waals surface area contributed by atoms with Crippen molar-refractivity contribution in [3.8, 4) is 0 Å². The minimum Gasteiger partial charge on any atom is -0.393 e. The van der Waals surface area contributed by atoms with Crippen molar-refractivity contribution in [3.63, 3.8) is 0 Å². The second kappa shape index (κ2) is 13.5. The third-order valence-corrected chi connectivity index (χ3v) is 7.93. The van der Waals surface area contributed by atoms with Gasteiger partial charge in [-0.2, -0.15) is 0 Å². The molecule has 1 unspecified atom stereocenters. The molecule has 0 aromatic carbocycles. The maximum Gasteiger partial charge on any atom is 0.219 e. The summed E-state index contributed by atoms with van der Waals surface area (Å²) in [5, 5.41) is 23.5. The van der Waals surface area contributed by atoms with E-state index in [9.17, 15) is 15.0 Å². The molecule has 0 bridgehead atoms. The Morgan fingerprint density at radius 3 is 2.90 bits per heavy atom. The van der Waals surface area contributed by atoms with Gasteiger partial charge in [0.25, 0.3) is 0 Å². The molecule has 1 aliphatic carbocycles. The van der Waals surface area contributed by atoms with Crippen molar-refractivity contribution in [2.75, 3.05) is 6.54 Å². The van der Waals surface area contributed by atoms with Crippen molar-refractivity contribution < 1.29 is 15.0 Å². The van der Waals surface area contributed by atoms with Crippen LogP contribution in [0.25, 0.3) is 0 Å². The van der Waals surface area contributed by atoms with Gasteiger partial charge in [0.15, 0.2) is 0 Å². The number of carbonyl (C=O) groups excluding carboxylic acids is 1. The molecule has 0 saturated heterocycles. The normalized spacial score (nSPS) is 22.9. The summed E-state index contributed by atoms with van der Waals surface area (Å²) in [5.74, 6) is 0.638. The molecule has 1 aromatic rings. The van der Waals surface area contributed by atoms with E-state index in [4.69, 9.17) is 0 Å². The molecule has 0 radical (unpaired) electrons. The van der Waals surface area contributed by atoms with Crippen LogP contribution < -0.4 is 5.32 Å². The smallest absolute Gasteiger partial charge is 0.219 e. The molecule has 1 aromatic heterocycles. The number of aliphatic hydroxyl groups excluding tert-OH is 2. The Balaban J connectivity index is 1.73. The summed E-state index contributed by atoms with van der Waals surface area (Å²) in [7, 11) is 0. The number of unbranched alkanes of at least 4 members (excludes halogenated alkanes) is 1. The fraction of sp³-hybridized carbons (Fsp3) is 0.625. The monoisotopic (exact) mass is 497 g/mol. The minimum absolute atomic E-state index is 0.114. The van der Waals surface area contributed by atoms with Crippen LogP contribution in [0.1, 0.15) is 61.6 Å². The van der Waals surface area contributed by atoms with Gasteiger partial charge in [0.05, 0.1) is 12.2 Å². The van der Waals surface area contributed by atoms with Crippen molar-refractivity contribution in [3.05, 3.63) is 44.6 Å². The average molecular weight is 499 g/mol. The summed E-state index contributed by atoms with van der Waals surface area (Å²) in [4.78, 5) is 14.0. The molecule has 1 fully saturated rings. The first-order chi connectivity index (χ1) is 14.4. The van der Waals surface area contributed by atoms with Crippen molar-refractivity contribution >= 4 is 33.2 Å². The number of hydrogen-bond acceptors (Lipinski definition) is 4. The fourth-order valence-corrected chi connectivity index (χ4v) is 5.60. The third-order valence-electron chi connectivity index (χ3n) is 5.74. The van der Waals surface area contributed by atoms with Crippen LogP contribution in [0.3, 0.4) is 0 Å². The minimum atomic E-state index is -0.450. The molecule has 3 N–H and O–H groups in total. The lowest BCUT2D eigenvalue weighted by Gasteiger charge is -2.18. The maximum absolute atomic E-state index is 11.4. The number of hydrogen-bond donors (Lipinski definition) is 3. The van der Waals surface area contributed by atoms with Gasteiger partial charge in [-0.3, -0.25) is 4.79 Å². The molecule has 0 spiro atoms. The standard InChI is InChI=1S/C24H36BrNO3S/c1-3-26-24(29)9-7-5-4-6-8-21-18(11-15-23(21)28)10-12-19(27)13-14-20-16-22(25)17(2)30-20/h4,6,10,12,16,18-19,21,23,27-28H,3,5,7-9,11,13-15H2,1-2H3,(H,26,29)/t18-,19+,21+,23?/m0/s1. The molecule has 1 aliphatic rings. The van der Waals surface area contributed by atoms with Gasteiger partial charge in [0, 0.05) is 27.2 Å². The number of amides is 1. The van der Waals surface area contributed by atoms with Crippen LogP contribution in [0.4, 0.5) is 0 Å². The lowest BCUT2D eigenvalue weighted by molar-refractivity contribution is -0.121. The van der Waals surface area contributed by atoms with Crippen LogP contribution in [0, 0.1) is 18.8 Å². The summed E-state index contributed by atoms with van der Waals surface area (Å²) >= 11 is 5.32. The van der Waals surface area contributed by atoms with Crippen molar-refractivity contribution in [2.45, 2.75) is 77.4 Å². The number of carbonyl (C=O) groups is 1. The van der Waals surface area contributed by atoms with Gasteiger partial charge in [-0.05, 0) is 92.6 Å². The Morgan fingerprint density at radius 1 is 1.40 bits per heavy atom. The average Bonchev–Trinajstić information content (AvgIpc) is 3.22. The lowest BCUT2D eigenvalue weighted by Crippen LogP contribution is -2.21. The zero-order chi connectivity index (χ0) is 21.9. The lowest BCUT2D eigenvalue weighted by atomic mass is 9.90. The zero-order valence-electron chi connectivity index (χ0n) is 18.1. The zero-order valence-corrected chi connectivity index (χ0v) is 20.6. The molecule has 1 saturated carbocycles. The van der Waals surface area contributed by atoms with E-state index in [0.717, 1.165) is 43.0 Å². The SMILES string of the molecule is CCNC(=O)CCCC=CC[C@H]1C(O)CC[C@@H]1C=C[C@@H](O)CCc1cc(Br)c(C)s1. The quantitative estimate of drug-likeness (QED) is 0.270. The van der Waals surface area contributed by atoms with Crippen LogP contribution in [-0.2, 0) is 11.2 Å². The Labute approximate surface area is 193 Å². The Hall–Kier alpha value is -0.950. The van der Waals surface area contributed by atoms with Crippen molar-refractivity contribution in [1.29, 1.82) is 0 Å². The first-order valence-electron chi connectivity index (χ1n) is 11.1. The first-order valence-corrected chi connectivity index (χ1v) is 12.7. The van der Waals surface area contributed by atoms with Crippen molar-refractivity contribution in [1.82, 2.24) is 5.32 Å². The molecule has 1 heterocycles. The van der Waals surface area contributed by atoms with Gasteiger partial charge in [0.1, 0.15) is 0 Å².